The summed E-state index contributed by atoms with van der Waals surface area (Å²) in [5.74, 6) is -2.60. The van der Waals surface area contributed by atoms with Crippen LogP contribution in [-0.2, 0) is 0 Å². The van der Waals surface area contributed by atoms with Crippen LogP contribution in [0.15, 0.2) is 30.3 Å². The van der Waals surface area contributed by atoms with E-state index in [0.717, 1.165) is 24.3 Å². The van der Waals surface area contributed by atoms with Gasteiger partial charge in [-0.25, -0.2) is 9.59 Å². The molecular formula is C14H9Cl2N3O8. The van der Waals surface area contributed by atoms with E-state index in [-0.39, 0.29) is 38.2 Å². The van der Waals surface area contributed by atoms with Gasteiger partial charge in [-0.3, -0.25) is 20.2 Å². The van der Waals surface area contributed by atoms with Crippen molar-refractivity contribution in [2.45, 2.75) is 0 Å². The zero-order chi connectivity index (χ0) is 20.9. The van der Waals surface area contributed by atoms with Crippen LogP contribution >= 0.6 is 23.2 Å². The van der Waals surface area contributed by atoms with Gasteiger partial charge in [-0.05, 0) is 6.07 Å². The molecule has 0 aliphatic carbocycles. The number of nitro benzene ring substituents is 2. The third kappa shape index (κ3) is 5.52. The van der Waals surface area contributed by atoms with E-state index in [1.165, 1.54) is 6.07 Å². The molecule has 0 heterocycles. The molecule has 27 heavy (non-hydrogen) atoms. The van der Waals surface area contributed by atoms with Gasteiger partial charge in [0.05, 0.1) is 31.0 Å². The Balaban J connectivity index is 0.000000271. The van der Waals surface area contributed by atoms with Gasteiger partial charge in [-0.2, -0.15) is 0 Å². The highest BCUT2D eigenvalue weighted by molar-refractivity contribution is 6.39. The fraction of sp³-hybridized carbons (Fsp3) is 0. The SMILES string of the molecule is Nc1ccc([N+](=O)[O-])cc1C(=O)O.O=C(O)c1c(Cl)cc([N+](=O)[O-])cc1Cl. The van der Waals surface area contributed by atoms with Crippen LogP contribution in [0.2, 0.25) is 10.0 Å². The third-order valence-corrected chi connectivity index (χ3v) is 3.53. The number of halogens is 2. The summed E-state index contributed by atoms with van der Waals surface area (Å²) in [6.07, 6.45) is 0. The number of nitrogen functional groups attached to an aromatic ring is 1. The molecule has 4 N–H and O–H groups in total. The summed E-state index contributed by atoms with van der Waals surface area (Å²) in [4.78, 5) is 40.3. The number of hydrogen-bond acceptors (Lipinski definition) is 7. The zero-order valence-electron chi connectivity index (χ0n) is 13.0. The fourth-order valence-corrected chi connectivity index (χ4v) is 2.35. The molecule has 0 spiro atoms. The molecule has 0 saturated carbocycles. The topological polar surface area (TPSA) is 187 Å². The molecule has 0 aliphatic rings. The van der Waals surface area contributed by atoms with Crippen molar-refractivity contribution in [3.63, 3.8) is 0 Å². The molecule has 0 amide bonds. The number of carbonyl (C=O) groups is 2. The van der Waals surface area contributed by atoms with Crippen LogP contribution in [-0.4, -0.2) is 32.0 Å². The highest BCUT2D eigenvalue weighted by Gasteiger charge is 2.19. The number of non-ortho nitro benzene ring substituents is 2. The molecule has 0 bridgehead atoms. The van der Waals surface area contributed by atoms with Crippen LogP contribution in [0.4, 0.5) is 17.1 Å². The third-order valence-electron chi connectivity index (χ3n) is 2.93. The Morgan fingerprint density at radius 1 is 0.889 bits per heavy atom. The van der Waals surface area contributed by atoms with E-state index >= 15 is 0 Å². The molecule has 13 heteroatoms. The van der Waals surface area contributed by atoms with Crippen molar-refractivity contribution >= 4 is 52.2 Å². The Kier molecular flexibility index (Phi) is 7.02. The van der Waals surface area contributed by atoms with Gasteiger partial charge in [0, 0.05) is 30.0 Å². The number of carboxylic acids is 2. The number of rotatable bonds is 4. The number of nitrogens with two attached hydrogens (primary N) is 1. The number of anilines is 1. The Morgan fingerprint density at radius 2 is 1.37 bits per heavy atom. The Labute approximate surface area is 159 Å². The zero-order valence-corrected chi connectivity index (χ0v) is 14.5. The molecule has 0 saturated heterocycles. The molecule has 2 rings (SSSR count). The number of nitro groups is 2. The number of hydrogen-bond donors (Lipinski definition) is 3. The maximum absolute atomic E-state index is 10.6. The Hall–Kier alpha value is -3.44. The minimum absolute atomic E-state index is 0.0121. The predicted octanol–water partition coefficient (Wildman–Crippen LogP) is 3.48. The van der Waals surface area contributed by atoms with E-state index in [9.17, 15) is 29.8 Å². The van der Waals surface area contributed by atoms with Gasteiger partial charge in [0.15, 0.2) is 0 Å². The van der Waals surface area contributed by atoms with E-state index in [4.69, 9.17) is 39.1 Å². The lowest BCUT2D eigenvalue weighted by molar-refractivity contribution is -0.385. The van der Waals surface area contributed by atoms with Gasteiger partial charge in [0.25, 0.3) is 11.4 Å². The number of benzene rings is 2. The standard InChI is InChI=1S/C7H3Cl2NO4.C7H6N2O4/c8-4-1-3(10(13)14)2-5(9)6(4)7(11)12;8-6-2-1-4(9(12)13)3-5(6)7(10)11/h1-2H,(H,11,12);1-3H,8H2,(H,10,11). The first-order valence-corrected chi connectivity index (χ1v) is 7.35. The van der Waals surface area contributed by atoms with Crippen molar-refractivity contribution < 1.29 is 29.6 Å². The molecule has 0 radical (unpaired) electrons. The molecule has 142 valence electrons. The summed E-state index contributed by atoms with van der Waals surface area (Å²) in [5.41, 5.74) is 4.08. The number of aromatic carboxylic acids is 2. The number of nitrogens with zero attached hydrogens (tertiary/aromatic N) is 2. The van der Waals surface area contributed by atoms with Gasteiger partial charge in [0.1, 0.15) is 0 Å². The van der Waals surface area contributed by atoms with E-state index in [1.54, 1.807) is 0 Å². The molecule has 2 aromatic carbocycles. The predicted molar refractivity (Wildman–Crippen MR) is 94.5 cm³/mol. The quantitative estimate of drug-likeness (QED) is 0.379. The smallest absolute Gasteiger partial charge is 0.338 e. The minimum atomic E-state index is -1.32. The number of carboxylic acid groups (broad SMARTS) is 2. The molecule has 0 atom stereocenters. The molecule has 2 aromatic rings. The maximum Gasteiger partial charge on any atom is 0.338 e. The maximum atomic E-state index is 10.6. The summed E-state index contributed by atoms with van der Waals surface area (Å²) in [6, 6.07) is 5.16. The van der Waals surface area contributed by atoms with Crippen molar-refractivity contribution in [2.75, 3.05) is 5.73 Å². The van der Waals surface area contributed by atoms with Crippen molar-refractivity contribution in [2.24, 2.45) is 0 Å². The van der Waals surface area contributed by atoms with Gasteiger partial charge in [-0.1, -0.05) is 23.2 Å². The minimum Gasteiger partial charge on any atom is -0.478 e. The molecule has 0 aliphatic heterocycles. The van der Waals surface area contributed by atoms with Crippen LogP contribution in [0.5, 0.6) is 0 Å². The summed E-state index contributed by atoms with van der Waals surface area (Å²) >= 11 is 11.0. The van der Waals surface area contributed by atoms with Crippen molar-refractivity contribution in [3.8, 4) is 0 Å². The van der Waals surface area contributed by atoms with Crippen LogP contribution < -0.4 is 5.73 Å². The fourth-order valence-electron chi connectivity index (χ4n) is 1.71. The second-order valence-electron chi connectivity index (χ2n) is 4.68. The summed E-state index contributed by atoms with van der Waals surface area (Å²) in [5, 5.41) is 37.3. The van der Waals surface area contributed by atoms with Crippen molar-refractivity contribution in [3.05, 3.63) is 71.7 Å². The van der Waals surface area contributed by atoms with Crippen LogP contribution in [0.25, 0.3) is 0 Å². The summed E-state index contributed by atoms with van der Waals surface area (Å²) in [6.45, 7) is 0. The van der Waals surface area contributed by atoms with E-state index in [0.29, 0.717) is 0 Å². The van der Waals surface area contributed by atoms with Gasteiger partial charge >= 0.3 is 11.9 Å². The van der Waals surface area contributed by atoms with Crippen LogP contribution in [0, 0.1) is 20.2 Å². The first-order valence-electron chi connectivity index (χ1n) is 6.59. The summed E-state index contributed by atoms with van der Waals surface area (Å²) in [7, 11) is 0. The van der Waals surface area contributed by atoms with Gasteiger partial charge in [0.2, 0.25) is 0 Å². The molecule has 11 nitrogen and oxygen atoms in total. The molecular weight excluding hydrogens is 409 g/mol. The van der Waals surface area contributed by atoms with Crippen molar-refractivity contribution in [1.29, 1.82) is 0 Å². The average molecular weight is 418 g/mol. The lowest BCUT2D eigenvalue weighted by Gasteiger charge is -2.01. The van der Waals surface area contributed by atoms with Crippen LogP contribution in [0.3, 0.4) is 0 Å². The van der Waals surface area contributed by atoms with E-state index < -0.39 is 21.8 Å². The largest absolute Gasteiger partial charge is 0.478 e. The highest BCUT2D eigenvalue weighted by atomic mass is 35.5. The normalized spacial score (nSPS) is 9.70. The lowest BCUT2D eigenvalue weighted by Crippen LogP contribution is -2.03. The van der Waals surface area contributed by atoms with E-state index in [1.807, 2.05) is 0 Å². The first kappa shape index (κ1) is 21.6. The van der Waals surface area contributed by atoms with Gasteiger partial charge < -0.3 is 15.9 Å². The van der Waals surface area contributed by atoms with Crippen molar-refractivity contribution in [1.82, 2.24) is 0 Å². The molecule has 0 aromatic heterocycles. The summed E-state index contributed by atoms with van der Waals surface area (Å²) < 4.78 is 0. The molecule has 0 unspecified atom stereocenters. The monoisotopic (exact) mass is 417 g/mol. The first-order chi connectivity index (χ1) is 12.5. The Morgan fingerprint density at radius 3 is 1.74 bits per heavy atom. The Bertz CT molecular complexity index is 925. The van der Waals surface area contributed by atoms with E-state index in [2.05, 4.69) is 0 Å². The highest BCUT2D eigenvalue weighted by Crippen LogP contribution is 2.29. The second kappa shape index (κ2) is 8.78. The lowest BCUT2D eigenvalue weighted by atomic mass is 10.1. The van der Waals surface area contributed by atoms with Crippen LogP contribution in [0.1, 0.15) is 20.7 Å². The molecule has 0 fully saturated rings. The average Bonchev–Trinajstić information content (AvgIpc) is 2.54. The second-order valence-corrected chi connectivity index (χ2v) is 5.49. The van der Waals surface area contributed by atoms with Gasteiger partial charge in [-0.15, -0.1) is 0 Å².